The second-order valence-electron chi connectivity index (χ2n) is 13.6. The summed E-state index contributed by atoms with van der Waals surface area (Å²) in [5.41, 5.74) is 3.89. The minimum atomic E-state index is -0.486. The normalized spacial score (nSPS) is 23.8. The van der Waals surface area contributed by atoms with Gasteiger partial charge in [0.1, 0.15) is 0 Å². The number of halogens is 1. The Kier molecular flexibility index (Phi) is 7.09. The SMILES string of the molecule is CC1(C)CC(=O)C2=C(C1)Nc1ccccc1N(CC(=O)NC1CC(C)(C)NC(C)(C)C1)C2c1ccccc1Cl. The summed E-state index contributed by atoms with van der Waals surface area (Å²) in [6, 6.07) is 15.2. The molecule has 0 radical (unpaired) electrons. The van der Waals surface area contributed by atoms with Crippen molar-refractivity contribution in [3.05, 3.63) is 70.4 Å². The smallest absolute Gasteiger partial charge is 0.239 e. The van der Waals surface area contributed by atoms with E-state index in [2.05, 4.69) is 62.4 Å². The van der Waals surface area contributed by atoms with Crippen molar-refractivity contribution >= 4 is 34.7 Å². The number of hydrogen-bond acceptors (Lipinski definition) is 5. The van der Waals surface area contributed by atoms with Gasteiger partial charge >= 0.3 is 0 Å². The monoisotopic (exact) mass is 548 g/mol. The third-order valence-electron chi connectivity index (χ3n) is 8.07. The molecule has 39 heavy (non-hydrogen) atoms. The van der Waals surface area contributed by atoms with Crippen LogP contribution in [-0.4, -0.2) is 35.4 Å². The Balaban J connectivity index is 1.57. The van der Waals surface area contributed by atoms with E-state index in [1.54, 1.807) is 0 Å². The molecule has 1 atom stereocenters. The predicted octanol–water partition coefficient (Wildman–Crippen LogP) is 6.38. The minimum Gasteiger partial charge on any atom is -0.357 e. The maximum Gasteiger partial charge on any atom is 0.239 e. The Morgan fingerprint density at radius 2 is 1.62 bits per heavy atom. The first-order valence-electron chi connectivity index (χ1n) is 14.0. The van der Waals surface area contributed by atoms with Crippen LogP contribution in [0.4, 0.5) is 11.4 Å². The van der Waals surface area contributed by atoms with Crippen LogP contribution in [0.5, 0.6) is 0 Å². The average molecular weight is 549 g/mol. The maximum atomic E-state index is 13.9. The van der Waals surface area contributed by atoms with Gasteiger partial charge in [-0.25, -0.2) is 0 Å². The highest BCUT2D eigenvalue weighted by Gasteiger charge is 2.43. The van der Waals surface area contributed by atoms with Gasteiger partial charge in [0.2, 0.25) is 5.91 Å². The lowest BCUT2D eigenvalue weighted by Gasteiger charge is -2.46. The van der Waals surface area contributed by atoms with Crippen molar-refractivity contribution in [2.24, 2.45) is 5.41 Å². The number of anilines is 2. The van der Waals surface area contributed by atoms with Crippen LogP contribution in [0.2, 0.25) is 5.02 Å². The largest absolute Gasteiger partial charge is 0.357 e. The fourth-order valence-corrected chi connectivity index (χ4v) is 7.34. The van der Waals surface area contributed by atoms with E-state index < -0.39 is 6.04 Å². The number of benzene rings is 2. The number of para-hydroxylation sites is 2. The summed E-state index contributed by atoms with van der Waals surface area (Å²) in [6.07, 6.45) is 2.88. The van der Waals surface area contributed by atoms with Crippen LogP contribution in [-0.2, 0) is 9.59 Å². The number of nitrogens with one attached hydrogen (secondary N) is 3. The van der Waals surface area contributed by atoms with Gasteiger partial charge < -0.3 is 20.9 Å². The van der Waals surface area contributed by atoms with Gasteiger partial charge in [0.15, 0.2) is 5.78 Å². The number of rotatable bonds is 4. The molecule has 0 aromatic heterocycles. The Hall–Kier alpha value is -2.83. The molecule has 1 fully saturated rings. The molecule has 3 N–H and O–H groups in total. The fraction of sp³-hybridized carbons (Fsp3) is 0.500. The first-order valence-corrected chi connectivity index (χ1v) is 14.3. The molecule has 2 aliphatic heterocycles. The second-order valence-corrected chi connectivity index (χ2v) is 14.0. The van der Waals surface area contributed by atoms with Crippen LogP contribution in [0.25, 0.3) is 0 Å². The topological polar surface area (TPSA) is 73.5 Å². The summed E-state index contributed by atoms with van der Waals surface area (Å²) in [5, 5.41) is 11.2. The van der Waals surface area contributed by atoms with Crippen LogP contribution in [0.15, 0.2) is 59.8 Å². The van der Waals surface area contributed by atoms with Gasteiger partial charge in [-0.1, -0.05) is 55.8 Å². The van der Waals surface area contributed by atoms with Gasteiger partial charge in [-0.3, -0.25) is 9.59 Å². The second kappa shape index (κ2) is 9.97. The molecule has 0 spiro atoms. The van der Waals surface area contributed by atoms with Crippen LogP contribution >= 0.6 is 11.6 Å². The first-order chi connectivity index (χ1) is 18.2. The van der Waals surface area contributed by atoms with Crippen LogP contribution < -0.4 is 20.9 Å². The zero-order chi connectivity index (χ0) is 28.2. The number of carbonyl (C=O) groups excluding carboxylic acids is 2. The number of carbonyl (C=O) groups is 2. The summed E-state index contributed by atoms with van der Waals surface area (Å²) in [4.78, 5) is 29.7. The highest BCUT2D eigenvalue weighted by atomic mass is 35.5. The summed E-state index contributed by atoms with van der Waals surface area (Å²) in [5.74, 6) is 0.0340. The van der Waals surface area contributed by atoms with Crippen molar-refractivity contribution < 1.29 is 9.59 Å². The highest BCUT2D eigenvalue weighted by Crippen LogP contribution is 2.49. The highest BCUT2D eigenvalue weighted by molar-refractivity contribution is 6.31. The third-order valence-corrected chi connectivity index (χ3v) is 8.42. The number of allylic oxidation sites excluding steroid dienone is 1. The maximum absolute atomic E-state index is 13.9. The number of Topliss-reactive ketones (excluding diaryl/α,β-unsaturated/α-hetero) is 1. The van der Waals surface area contributed by atoms with Gasteiger partial charge in [0, 0.05) is 39.8 Å². The number of hydrogen-bond donors (Lipinski definition) is 3. The van der Waals surface area contributed by atoms with E-state index in [1.807, 2.05) is 48.5 Å². The molecular formula is C32H41ClN4O2. The molecule has 6 nitrogen and oxygen atoms in total. The molecule has 208 valence electrons. The molecule has 1 amide bonds. The van der Waals surface area contributed by atoms with E-state index in [4.69, 9.17) is 11.6 Å². The van der Waals surface area contributed by atoms with Crippen molar-refractivity contribution in [2.45, 2.75) is 90.4 Å². The quantitative estimate of drug-likeness (QED) is 0.413. The lowest BCUT2D eigenvalue weighted by molar-refractivity contribution is -0.121. The molecule has 7 heteroatoms. The number of fused-ring (bicyclic) bond motifs is 1. The van der Waals surface area contributed by atoms with Crippen LogP contribution in [0.3, 0.4) is 0 Å². The lowest BCUT2D eigenvalue weighted by atomic mass is 9.73. The molecule has 0 saturated carbocycles. The molecule has 1 saturated heterocycles. The van der Waals surface area contributed by atoms with Crippen molar-refractivity contribution in [3.63, 3.8) is 0 Å². The Morgan fingerprint density at radius 1 is 0.974 bits per heavy atom. The van der Waals surface area contributed by atoms with E-state index in [-0.39, 0.29) is 40.8 Å². The summed E-state index contributed by atoms with van der Waals surface area (Å²) in [6.45, 7) is 13.1. The van der Waals surface area contributed by atoms with Crippen molar-refractivity contribution in [2.75, 3.05) is 16.8 Å². The number of amides is 1. The summed E-state index contributed by atoms with van der Waals surface area (Å²) < 4.78 is 0. The first kappa shape index (κ1) is 27.7. The zero-order valence-corrected chi connectivity index (χ0v) is 24.7. The summed E-state index contributed by atoms with van der Waals surface area (Å²) in [7, 11) is 0. The predicted molar refractivity (Wildman–Crippen MR) is 159 cm³/mol. The molecule has 5 rings (SSSR count). The van der Waals surface area contributed by atoms with Crippen LogP contribution in [0.1, 0.15) is 78.8 Å². The van der Waals surface area contributed by atoms with Gasteiger partial charge in [0.05, 0.1) is 24.0 Å². The average Bonchev–Trinajstić information content (AvgIpc) is 2.91. The van der Waals surface area contributed by atoms with E-state index in [1.165, 1.54) is 0 Å². The van der Waals surface area contributed by atoms with Gasteiger partial charge in [-0.2, -0.15) is 0 Å². The molecule has 2 aromatic rings. The third kappa shape index (κ3) is 5.87. The Morgan fingerprint density at radius 3 is 2.31 bits per heavy atom. The lowest BCUT2D eigenvalue weighted by Crippen LogP contribution is -2.62. The molecule has 2 heterocycles. The number of piperidine rings is 1. The number of nitrogens with zero attached hydrogens (tertiary/aromatic N) is 1. The van der Waals surface area contributed by atoms with Crippen molar-refractivity contribution in [1.29, 1.82) is 0 Å². The molecule has 2 aromatic carbocycles. The molecule has 1 unspecified atom stereocenters. The van der Waals surface area contributed by atoms with Crippen LogP contribution in [0, 0.1) is 5.41 Å². The summed E-state index contributed by atoms with van der Waals surface area (Å²) >= 11 is 6.80. The zero-order valence-electron chi connectivity index (χ0n) is 24.0. The number of ketones is 1. The molecule has 0 bridgehead atoms. The van der Waals surface area contributed by atoms with Gasteiger partial charge in [0.25, 0.3) is 0 Å². The van der Waals surface area contributed by atoms with E-state index in [0.717, 1.165) is 41.9 Å². The standard InChI is InChI=1S/C32H41ClN4O2/c1-30(2)17-24-28(26(38)18-30)29(21-11-7-8-12-22(21)33)37(25-14-10-9-13-23(25)35-24)19-27(39)34-20-15-31(3,4)36-32(5,6)16-20/h7-14,20,29,35-36H,15-19H2,1-6H3,(H,34,39). The van der Waals surface area contributed by atoms with Gasteiger partial charge in [-0.15, -0.1) is 0 Å². The van der Waals surface area contributed by atoms with E-state index in [9.17, 15) is 9.59 Å². The van der Waals surface area contributed by atoms with Gasteiger partial charge in [-0.05, 0) is 76.1 Å². The fourth-order valence-electron chi connectivity index (χ4n) is 7.10. The van der Waals surface area contributed by atoms with Crippen molar-refractivity contribution in [1.82, 2.24) is 10.6 Å². The molecular weight excluding hydrogens is 508 g/mol. The Bertz CT molecular complexity index is 1310. The van der Waals surface area contributed by atoms with E-state index >= 15 is 0 Å². The van der Waals surface area contributed by atoms with E-state index in [0.29, 0.717) is 17.0 Å². The molecule has 1 aliphatic carbocycles. The molecule has 3 aliphatic rings. The minimum absolute atomic E-state index is 0.0507. The van der Waals surface area contributed by atoms with Crippen molar-refractivity contribution in [3.8, 4) is 0 Å². The Labute approximate surface area is 237 Å².